The minimum absolute atomic E-state index is 0.0745. The maximum Gasteiger partial charge on any atom is 0.335 e. The van der Waals surface area contributed by atoms with Crippen molar-refractivity contribution in [3.05, 3.63) is 29.3 Å². The number of amides is 2. The lowest BCUT2D eigenvalue weighted by molar-refractivity contribution is -0.123. The van der Waals surface area contributed by atoms with E-state index in [9.17, 15) is 14.4 Å². The van der Waals surface area contributed by atoms with Crippen LogP contribution in [0.2, 0.25) is 0 Å². The van der Waals surface area contributed by atoms with Gasteiger partial charge < -0.3 is 15.3 Å². The summed E-state index contributed by atoms with van der Waals surface area (Å²) >= 11 is 0. The van der Waals surface area contributed by atoms with Crippen LogP contribution in [0.5, 0.6) is 0 Å². The van der Waals surface area contributed by atoms with Crippen LogP contribution in [0.1, 0.15) is 29.3 Å². The highest BCUT2D eigenvalue weighted by atomic mass is 16.4. The number of anilines is 1. The predicted octanol–water partition coefficient (Wildman–Crippen LogP) is 0.800. The molecule has 6 nitrogen and oxygen atoms in total. The number of carbonyl (C=O) groups is 3. The van der Waals surface area contributed by atoms with Crippen molar-refractivity contribution in [1.82, 2.24) is 5.32 Å². The second-order valence-corrected chi connectivity index (χ2v) is 4.66. The van der Waals surface area contributed by atoms with Crippen LogP contribution in [-0.4, -0.2) is 36.0 Å². The van der Waals surface area contributed by atoms with Gasteiger partial charge in [-0.2, -0.15) is 0 Å². The van der Waals surface area contributed by atoms with Crippen LogP contribution in [0.15, 0.2) is 18.2 Å². The van der Waals surface area contributed by atoms with Crippen molar-refractivity contribution in [3.8, 4) is 0 Å². The zero-order chi connectivity index (χ0) is 14.7. The van der Waals surface area contributed by atoms with E-state index in [4.69, 9.17) is 5.11 Å². The number of fused-ring (bicyclic) bond motifs is 1. The molecule has 2 amide bonds. The minimum atomic E-state index is -1.05. The van der Waals surface area contributed by atoms with Crippen LogP contribution < -0.4 is 10.2 Å². The molecular weight excluding hydrogens is 260 g/mol. The summed E-state index contributed by atoms with van der Waals surface area (Å²) in [6.45, 7) is 2.42. The lowest BCUT2D eigenvalue weighted by Crippen LogP contribution is -2.39. The molecule has 1 heterocycles. The Hall–Kier alpha value is -2.37. The van der Waals surface area contributed by atoms with E-state index >= 15 is 0 Å². The first-order valence-corrected chi connectivity index (χ1v) is 6.46. The molecule has 0 aliphatic carbocycles. The minimum Gasteiger partial charge on any atom is -0.478 e. The van der Waals surface area contributed by atoms with E-state index in [0.717, 1.165) is 12.0 Å². The standard InChI is InChI=1S/C14H16N2O4/c1-2-5-15-12(17)8-16-11-6-10(14(19)20)4-3-9(11)7-13(16)18/h3-4,6H,2,5,7-8H2,1H3,(H,15,17)(H,19,20). The highest BCUT2D eigenvalue weighted by Gasteiger charge is 2.29. The normalized spacial score (nSPS) is 13.2. The number of rotatable bonds is 5. The second kappa shape index (κ2) is 5.73. The van der Waals surface area contributed by atoms with Gasteiger partial charge in [0.2, 0.25) is 11.8 Å². The number of hydrogen-bond acceptors (Lipinski definition) is 3. The Balaban J connectivity index is 2.20. The summed E-state index contributed by atoms with van der Waals surface area (Å²) in [6, 6.07) is 4.53. The Morgan fingerprint density at radius 1 is 1.40 bits per heavy atom. The molecule has 0 atom stereocenters. The van der Waals surface area contributed by atoms with Crippen LogP contribution in [0.25, 0.3) is 0 Å². The third-order valence-corrected chi connectivity index (χ3v) is 3.14. The molecule has 0 saturated carbocycles. The van der Waals surface area contributed by atoms with Crippen molar-refractivity contribution < 1.29 is 19.5 Å². The number of aromatic carboxylic acids is 1. The molecule has 1 aromatic carbocycles. The highest BCUT2D eigenvalue weighted by Crippen LogP contribution is 2.29. The molecule has 0 fully saturated rings. The topological polar surface area (TPSA) is 86.7 Å². The van der Waals surface area contributed by atoms with Gasteiger partial charge in [-0.3, -0.25) is 9.59 Å². The average molecular weight is 276 g/mol. The molecule has 0 aromatic heterocycles. The fourth-order valence-corrected chi connectivity index (χ4v) is 2.13. The summed E-state index contributed by atoms with van der Waals surface area (Å²) in [6.07, 6.45) is 1.02. The lowest BCUT2D eigenvalue weighted by Gasteiger charge is -2.17. The number of carbonyl (C=O) groups excluding carboxylic acids is 2. The maximum absolute atomic E-state index is 11.9. The molecule has 6 heteroatoms. The van der Waals surface area contributed by atoms with E-state index in [1.807, 2.05) is 6.92 Å². The van der Waals surface area contributed by atoms with Gasteiger partial charge in [0.05, 0.1) is 12.0 Å². The smallest absolute Gasteiger partial charge is 0.335 e. The number of nitrogens with one attached hydrogen (secondary N) is 1. The van der Waals surface area contributed by atoms with Crippen LogP contribution in [0, 0.1) is 0 Å². The van der Waals surface area contributed by atoms with E-state index in [2.05, 4.69) is 5.32 Å². The Morgan fingerprint density at radius 3 is 2.80 bits per heavy atom. The molecule has 20 heavy (non-hydrogen) atoms. The Labute approximate surface area is 116 Å². The molecule has 1 aliphatic heterocycles. The maximum atomic E-state index is 11.9. The van der Waals surface area contributed by atoms with E-state index in [-0.39, 0.29) is 30.3 Å². The number of carboxylic acids is 1. The molecule has 2 rings (SSSR count). The number of carboxylic acid groups (broad SMARTS) is 1. The molecule has 0 saturated heterocycles. The van der Waals surface area contributed by atoms with Crippen molar-refractivity contribution in [2.45, 2.75) is 19.8 Å². The fraction of sp³-hybridized carbons (Fsp3) is 0.357. The zero-order valence-corrected chi connectivity index (χ0v) is 11.2. The molecule has 0 spiro atoms. The van der Waals surface area contributed by atoms with Gasteiger partial charge in [-0.25, -0.2) is 4.79 Å². The van der Waals surface area contributed by atoms with Crippen LogP contribution in [0.4, 0.5) is 5.69 Å². The van der Waals surface area contributed by atoms with Crippen LogP contribution in [-0.2, 0) is 16.0 Å². The average Bonchev–Trinajstić information content (AvgIpc) is 2.72. The molecule has 2 N–H and O–H groups in total. The van der Waals surface area contributed by atoms with E-state index in [1.165, 1.54) is 17.0 Å². The molecule has 106 valence electrons. The number of nitrogens with zero attached hydrogens (tertiary/aromatic N) is 1. The van der Waals surface area contributed by atoms with Gasteiger partial charge >= 0.3 is 5.97 Å². The van der Waals surface area contributed by atoms with Gasteiger partial charge in [0.15, 0.2) is 0 Å². The SMILES string of the molecule is CCCNC(=O)CN1C(=O)Cc2ccc(C(=O)O)cc21. The van der Waals surface area contributed by atoms with Gasteiger partial charge in [0.1, 0.15) is 6.54 Å². The number of benzene rings is 1. The van der Waals surface area contributed by atoms with Gasteiger partial charge in [0.25, 0.3) is 0 Å². The molecule has 1 aromatic rings. The van der Waals surface area contributed by atoms with E-state index in [0.29, 0.717) is 12.2 Å². The third-order valence-electron chi connectivity index (χ3n) is 3.14. The third kappa shape index (κ3) is 2.79. The summed E-state index contributed by atoms with van der Waals surface area (Å²) in [5.74, 6) is -1.48. The quantitative estimate of drug-likeness (QED) is 0.832. The summed E-state index contributed by atoms with van der Waals surface area (Å²) < 4.78 is 0. The first-order chi connectivity index (χ1) is 9.52. The van der Waals surface area contributed by atoms with Crippen molar-refractivity contribution >= 4 is 23.5 Å². The molecular formula is C14H16N2O4. The summed E-state index contributed by atoms with van der Waals surface area (Å²) in [5, 5.41) is 11.7. The largest absolute Gasteiger partial charge is 0.478 e. The van der Waals surface area contributed by atoms with E-state index in [1.54, 1.807) is 6.07 Å². The van der Waals surface area contributed by atoms with Crippen molar-refractivity contribution in [1.29, 1.82) is 0 Å². The highest BCUT2D eigenvalue weighted by molar-refractivity contribution is 6.06. The number of hydrogen-bond donors (Lipinski definition) is 2. The van der Waals surface area contributed by atoms with Gasteiger partial charge in [0, 0.05) is 12.2 Å². The van der Waals surface area contributed by atoms with Crippen molar-refractivity contribution in [2.75, 3.05) is 18.0 Å². The Bertz CT molecular complexity index is 568. The predicted molar refractivity (Wildman–Crippen MR) is 72.8 cm³/mol. The summed E-state index contributed by atoms with van der Waals surface area (Å²) in [4.78, 5) is 35.9. The summed E-state index contributed by atoms with van der Waals surface area (Å²) in [7, 11) is 0. The molecule has 0 radical (unpaired) electrons. The fourth-order valence-electron chi connectivity index (χ4n) is 2.13. The van der Waals surface area contributed by atoms with Crippen molar-refractivity contribution in [3.63, 3.8) is 0 Å². The zero-order valence-electron chi connectivity index (χ0n) is 11.2. The van der Waals surface area contributed by atoms with Crippen LogP contribution in [0.3, 0.4) is 0 Å². The summed E-state index contributed by atoms with van der Waals surface area (Å²) in [5.41, 5.74) is 1.38. The van der Waals surface area contributed by atoms with Crippen molar-refractivity contribution in [2.24, 2.45) is 0 Å². The molecule has 1 aliphatic rings. The molecule has 0 bridgehead atoms. The second-order valence-electron chi connectivity index (χ2n) is 4.66. The van der Waals surface area contributed by atoms with Gasteiger partial charge in [-0.05, 0) is 24.1 Å². The Morgan fingerprint density at radius 2 is 2.15 bits per heavy atom. The molecule has 0 unspecified atom stereocenters. The van der Waals surface area contributed by atoms with Gasteiger partial charge in [-0.15, -0.1) is 0 Å². The monoisotopic (exact) mass is 276 g/mol. The Kier molecular flexibility index (Phi) is 4.02. The first kappa shape index (κ1) is 14.0. The first-order valence-electron chi connectivity index (χ1n) is 6.46. The van der Waals surface area contributed by atoms with Gasteiger partial charge in [-0.1, -0.05) is 13.0 Å². The van der Waals surface area contributed by atoms with E-state index < -0.39 is 5.97 Å². The lowest BCUT2D eigenvalue weighted by atomic mass is 10.1. The van der Waals surface area contributed by atoms with Crippen LogP contribution >= 0.6 is 0 Å².